The molecule has 0 aromatic heterocycles. The van der Waals surface area contributed by atoms with Crippen LogP contribution in [0.2, 0.25) is 0 Å². The zero-order chi connectivity index (χ0) is 8.91. The van der Waals surface area contributed by atoms with E-state index in [0.29, 0.717) is 12.5 Å². The van der Waals surface area contributed by atoms with Gasteiger partial charge in [-0.25, -0.2) is 0 Å². The molecule has 3 heteroatoms. The van der Waals surface area contributed by atoms with Gasteiger partial charge in [-0.05, 0) is 19.8 Å². The van der Waals surface area contributed by atoms with E-state index in [1.165, 1.54) is 0 Å². The molecule has 0 heterocycles. The molecule has 0 bridgehead atoms. The van der Waals surface area contributed by atoms with Crippen LogP contribution in [0.1, 0.15) is 27.7 Å². The summed E-state index contributed by atoms with van der Waals surface area (Å²) in [5.74, 6) is 0.552. The Balaban J connectivity index is 3.55. The molecule has 0 fully saturated rings. The summed E-state index contributed by atoms with van der Waals surface area (Å²) < 4.78 is 10.7. The number of hydrogen-bond donors (Lipinski definition) is 0. The quantitative estimate of drug-likeness (QED) is 0.454. The fourth-order valence-electron chi connectivity index (χ4n) is 0.555. The minimum atomic E-state index is -0.0138. The van der Waals surface area contributed by atoms with Crippen molar-refractivity contribution in [3.05, 3.63) is 0 Å². The van der Waals surface area contributed by atoms with Crippen LogP contribution in [-0.2, 0) is 9.16 Å². The molecule has 0 amide bonds. The van der Waals surface area contributed by atoms with E-state index in [0.717, 1.165) is 17.1 Å². The molecule has 0 N–H and O–H groups in total. The minimum Gasteiger partial charge on any atom is -0.426 e. The first kappa shape index (κ1) is 11.1. The van der Waals surface area contributed by atoms with Crippen molar-refractivity contribution in [2.24, 2.45) is 5.92 Å². The van der Waals surface area contributed by atoms with Crippen molar-refractivity contribution in [1.82, 2.24) is 0 Å². The third-order valence-electron chi connectivity index (χ3n) is 2.15. The zero-order valence-corrected chi connectivity index (χ0v) is 10.3. The molecule has 0 spiro atoms. The van der Waals surface area contributed by atoms with Gasteiger partial charge in [0.1, 0.15) is 10.5 Å². The Bertz CT molecular complexity index is 102. The Morgan fingerprint density at radius 3 is 2.18 bits per heavy atom. The van der Waals surface area contributed by atoms with E-state index in [2.05, 4.69) is 27.7 Å². The van der Waals surface area contributed by atoms with Gasteiger partial charge < -0.3 is 9.16 Å². The van der Waals surface area contributed by atoms with Crippen molar-refractivity contribution in [1.29, 1.82) is 0 Å². The summed E-state index contributed by atoms with van der Waals surface area (Å²) >= 11 is 0. The summed E-state index contributed by atoms with van der Waals surface area (Å²) in [4.78, 5) is 0. The highest BCUT2D eigenvalue weighted by Gasteiger charge is 2.22. The first-order valence-corrected chi connectivity index (χ1v) is 4.95. The SMILES string of the molecule is CC(C)C(C)(C)OCCO[SiH3]. The molecular weight excluding hydrogens is 156 g/mol. The molecule has 0 aliphatic heterocycles. The molecule has 0 aliphatic carbocycles. The predicted molar refractivity (Wildman–Crippen MR) is 50.8 cm³/mol. The largest absolute Gasteiger partial charge is 0.426 e. The summed E-state index contributed by atoms with van der Waals surface area (Å²) in [7, 11) is 0.806. The average Bonchev–Trinajstić information content (AvgIpc) is 1.88. The fourth-order valence-corrected chi connectivity index (χ4v) is 0.721. The van der Waals surface area contributed by atoms with E-state index in [1.807, 2.05) is 0 Å². The number of rotatable bonds is 5. The van der Waals surface area contributed by atoms with Gasteiger partial charge in [0.05, 0.1) is 18.8 Å². The van der Waals surface area contributed by atoms with E-state index in [1.54, 1.807) is 0 Å². The monoisotopic (exact) mass is 176 g/mol. The van der Waals surface area contributed by atoms with Crippen LogP contribution in [0.5, 0.6) is 0 Å². The van der Waals surface area contributed by atoms with Crippen LogP contribution >= 0.6 is 0 Å². The van der Waals surface area contributed by atoms with E-state index in [4.69, 9.17) is 9.16 Å². The molecular formula is C8H20O2Si. The summed E-state index contributed by atoms with van der Waals surface area (Å²) in [5, 5.41) is 0. The first-order valence-electron chi connectivity index (χ1n) is 4.13. The van der Waals surface area contributed by atoms with Crippen molar-refractivity contribution >= 4 is 10.5 Å². The smallest absolute Gasteiger partial charge is 0.146 e. The lowest BCUT2D eigenvalue weighted by atomic mass is 9.95. The lowest BCUT2D eigenvalue weighted by molar-refractivity contribution is -0.0588. The van der Waals surface area contributed by atoms with Gasteiger partial charge in [0, 0.05) is 0 Å². The maximum absolute atomic E-state index is 5.63. The maximum Gasteiger partial charge on any atom is 0.146 e. The lowest BCUT2D eigenvalue weighted by Crippen LogP contribution is -2.32. The Labute approximate surface area is 72.8 Å². The van der Waals surface area contributed by atoms with Gasteiger partial charge in [-0.2, -0.15) is 0 Å². The standard InChI is InChI=1S/C8H20O2Si/c1-7(2)8(3,4)9-5-6-10-11/h7H,5-6H2,1-4,11H3. The minimum absolute atomic E-state index is 0.0138. The molecule has 11 heavy (non-hydrogen) atoms. The van der Waals surface area contributed by atoms with Crippen LogP contribution in [0.4, 0.5) is 0 Å². The van der Waals surface area contributed by atoms with Crippen LogP contribution < -0.4 is 0 Å². The van der Waals surface area contributed by atoms with Gasteiger partial charge in [0.2, 0.25) is 0 Å². The van der Waals surface area contributed by atoms with Gasteiger partial charge in [-0.15, -0.1) is 0 Å². The van der Waals surface area contributed by atoms with Crippen molar-refractivity contribution in [3.63, 3.8) is 0 Å². The molecule has 0 unspecified atom stereocenters. The molecule has 0 aliphatic rings. The molecule has 68 valence electrons. The molecule has 2 nitrogen and oxygen atoms in total. The Morgan fingerprint density at radius 2 is 1.82 bits per heavy atom. The van der Waals surface area contributed by atoms with Crippen LogP contribution in [0.25, 0.3) is 0 Å². The van der Waals surface area contributed by atoms with Crippen LogP contribution in [0.15, 0.2) is 0 Å². The van der Waals surface area contributed by atoms with E-state index < -0.39 is 0 Å². The van der Waals surface area contributed by atoms with Gasteiger partial charge in [0.15, 0.2) is 0 Å². The molecule has 0 aromatic rings. The molecule has 0 rings (SSSR count). The Morgan fingerprint density at radius 1 is 1.27 bits per heavy atom. The fraction of sp³-hybridized carbons (Fsp3) is 1.00. The lowest BCUT2D eigenvalue weighted by Gasteiger charge is -2.29. The van der Waals surface area contributed by atoms with Crippen molar-refractivity contribution in [2.45, 2.75) is 33.3 Å². The Hall–Kier alpha value is 0.137. The molecule has 0 saturated heterocycles. The molecule has 0 radical (unpaired) electrons. The Kier molecular flexibility index (Phi) is 4.96. The summed E-state index contributed by atoms with van der Waals surface area (Å²) in [6, 6.07) is 0. The van der Waals surface area contributed by atoms with E-state index in [9.17, 15) is 0 Å². The normalized spacial score (nSPS) is 12.8. The predicted octanol–water partition coefficient (Wildman–Crippen LogP) is 0.735. The van der Waals surface area contributed by atoms with Crippen molar-refractivity contribution in [3.8, 4) is 0 Å². The zero-order valence-electron chi connectivity index (χ0n) is 8.31. The topological polar surface area (TPSA) is 18.5 Å². The van der Waals surface area contributed by atoms with Crippen LogP contribution in [-0.4, -0.2) is 29.3 Å². The second kappa shape index (κ2) is 4.90. The van der Waals surface area contributed by atoms with E-state index >= 15 is 0 Å². The summed E-state index contributed by atoms with van der Waals surface area (Å²) in [6.45, 7) is 10.0. The van der Waals surface area contributed by atoms with Gasteiger partial charge in [0.25, 0.3) is 0 Å². The second-order valence-electron chi connectivity index (χ2n) is 3.60. The number of hydrogen-bond acceptors (Lipinski definition) is 2. The van der Waals surface area contributed by atoms with Crippen molar-refractivity contribution in [2.75, 3.05) is 13.2 Å². The third-order valence-corrected chi connectivity index (χ3v) is 2.56. The van der Waals surface area contributed by atoms with Gasteiger partial charge in [-0.1, -0.05) is 13.8 Å². The van der Waals surface area contributed by atoms with Gasteiger partial charge in [-0.3, -0.25) is 0 Å². The van der Waals surface area contributed by atoms with Crippen LogP contribution in [0.3, 0.4) is 0 Å². The first-order chi connectivity index (χ1) is 5.00. The average molecular weight is 176 g/mol. The van der Waals surface area contributed by atoms with Crippen LogP contribution in [0, 0.1) is 5.92 Å². The molecule has 0 atom stereocenters. The number of ether oxygens (including phenoxy) is 1. The molecule has 0 saturated carbocycles. The van der Waals surface area contributed by atoms with Crippen molar-refractivity contribution < 1.29 is 9.16 Å². The maximum atomic E-state index is 5.63. The highest BCUT2D eigenvalue weighted by atomic mass is 28.2. The highest BCUT2D eigenvalue weighted by molar-refractivity contribution is 5.97. The van der Waals surface area contributed by atoms with Gasteiger partial charge >= 0.3 is 0 Å². The second-order valence-corrected chi connectivity index (χ2v) is 4.18. The third kappa shape index (κ3) is 4.56. The highest BCUT2D eigenvalue weighted by Crippen LogP contribution is 2.19. The summed E-state index contributed by atoms with van der Waals surface area (Å²) in [5.41, 5.74) is -0.0138. The summed E-state index contributed by atoms with van der Waals surface area (Å²) in [6.07, 6.45) is 0. The molecule has 0 aromatic carbocycles. The van der Waals surface area contributed by atoms with E-state index in [-0.39, 0.29) is 5.60 Å².